The molecule has 5 aromatic rings. The molecule has 1 aliphatic carbocycles. The van der Waals surface area contributed by atoms with E-state index in [1.807, 2.05) is 60.7 Å². The van der Waals surface area contributed by atoms with Crippen LogP contribution in [0.2, 0.25) is 0 Å². The van der Waals surface area contributed by atoms with Crippen molar-refractivity contribution < 1.29 is 19.7 Å². The van der Waals surface area contributed by atoms with Crippen molar-refractivity contribution in [2.45, 2.75) is 113 Å². The summed E-state index contributed by atoms with van der Waals surface area (Å²) in [6.45, 7) is 0.416. The van der Waals surface area contributed by atoms with Crippen molar-refractivity contribution in [3.8, 4) is 11.1 Å². The number of carbonyl (C=O) groups excluding carboxylic acids is 1. The van der Waals surface area contributed by atoms with Crippen molar-refractivity contribution in [1.29, 1.82) is 0 Å². The maximum absolute atomic E-state index is 12.5. The molecule has 6 rings (SSSR count). The van der Waals surface area contributed by atoms with Gasteiger partial charge in [0.05, 0.1) is 17.6 Å². The van der Waals surface area contributed by atoms with E-state index in [2.05, 4.69) is 91.0 Å². The van der Waals surface area contributed by atoms with E-state index in [0.717, 1.165) is 42.4 Å². The van der Waals surface area contributed by atoms with Gasteiger partial charge in [-0.05, 0) is 58.2 Å². The number of aliphatic hydroxyl groups is 2. The van der Waals surface area contributed by atoms with Gasteiger partial charge in [0.1, 0.15) is 6.61 Å². The molecule has 0 amide bonds. The Labute approximate surface area is 335 Å². The molecule has 1 aliphatic rings. The molecule has 0 spiro atoms. The Hall–Kier alpha value is -4.77. The first kappa shape index (κ1) is 40.9. The maximum atomic E-state index is 12.5. The van der Waals surface area contributed by atoms with Gasteiger partial charge in [-0.2, -0.15) is 0 Å². The first-order chi connectivity index (χ1) is 27.6. The number of benzene rings is 5. The van der Waals surface area contributed by atoms with Gasteiger partial charge >= 0.3 is 5.97 Å². The van der Waals surface area contributed by atoms with E-state index in [1.54, 1.807) is 0 Å². The van der Waals surface area contributed by atoms with E-state index < -0.39 is 17.6 Å². The van der Waals surface area contributed by atoms with Gasteiger partial charge in [-0.3, -0.25) is 4.79 Å². The molecule has 4 heteroatoms. The molecule has 0 unspecified atom stereocenters. The molecule has 0 aromatic heterocycles. The van der Waals surface area contributed by atoms with Gasteiger partial charge in [-0.25, -0.2) is 0 Å². The highest BCUT2D eigenvalue weighted by Gasteiger charge is 2.43. The summed E-state index contributed by atoms with van der Waals surface area (Å²) in [6, 6.07) is 47.5. The van der Waals surface area contributed by atoms with E-state index in [4.69, 9.17) is 4.74 Å². The average Bonchev–Trinajstić information content (AvgIpc) is 3.56. The molecule has 0 heterocycles. The summed E-state index contributed by atoms with van der Waals surface area (Å²) in [5.41, 5.74) is 7.23. The Morgan fingerprint density at radius 1 is 0.554 bits per heavy atom. The molecule has 4 nitrogen and oxygen atoms in total. The van der Waals surface area contributed by atoms with Crippen LogP contribution in [-0.4, -0.2) is 35.0 Å². The Morgan fingerprint density at radius 2 is 0.964 bits per heavy atom. The predicted octanol–water partition coefficient (Wildman–Crippen LogP) is 12.1. The van der Waals surface area contributed by atoms with Gasteiger partial charge in [0, 0.05) is 18.8 Å². The van der Waals surface area contributed by atoms with Crippen LogP contribution in [0.4, 0.5) is 0 Å². The lowest BCUT2D eigenvalue weighted by Gasteiger charge is -2.40. The second kappa shape index (κ2) is 21.5. The SMILES string of the molecule is O=C(CCCCCCCCCCCCC/C=C/[C@H](O)C[C@H](O)C(c1ccccc1)(c1ccccc1)c1ccccc1)OCC1c2ccccc2-c2ccccc21. The van der Waals surface area contributed by atoms with Crippen molar-refractivity contribution in [2.75, 3.05) is 6.61 Å². The summed E-state index contributed by atoms with van der Waals surface area (Å²) in [5, 5.41) is 23.1. The van der Waals surface area contributed by atoms with E-state index >= 15 is 0 Å². The molecule has 56 heavy (non-hydrogen) atoms. The lowest BCUT2D eigenvalue weighted by molar-refractivity contribution is -0.144. The highest BCUT2D eigenvalue weighted by molar-refractivity contribution is 5.79. The fourth-order valence-electron chi connectivity index (χ4n) is 8.73. The molecule has 0 saturated carbocycles. The van der Waals surface area contributed by atoms with Crippen molar-refractivity contribution in [2.24, 2.45) is 0 Å². The quantitative estimate of drug-likeness (QED) is 0.0302. The molecule has 2 atom stereocenters. The van der Waals surface area contributed by atoms with E-state index in [0.29, 0.717) is 13.0 Å². The molecule has 0 fully saturated rings. The standard InChI is InChI=1S/C52H60O4/c53-44(39-50(54)52(41-27-15-12-16-28-41,42-29-17-13-18-30-42)43-31-19-14-20-32-43)33-21-10-8-6-4-2-1-3-5-7-9-11-22-38-51(55)56-40-49-47-36-25-23-34-45(47)46-35-24-26-37-48(46)49/h12-21,23-37,44,49-50,53-54H,1-11,22,38-40H2/b33-21+/t44-,50-/m0/s1. The van der Waals surface area contributed by atoms with Crippen LogP contribution >= 0.6 is 0 Å². The molecule has 2 N–H and O–H groups in total. The zero-order valence-corrected chi connectivity index (χ0v) is 33.0. The van der Waals surface area contributed by atoms with Gasteiger partial charge in [0.15, 0.2) is 0 Å². The molecule has 5 aromatic carbocycles. The third-order valence-electron chi connectivity index (χ3n) is 11.6. The molecular formula is C52H60O4. The van der Waals surface area contributed by atoms with E-state index in [9.17, 15) is 15.0 Å². The number of rotatable bonds is 23. The number of carbonyl (C=O) groups is 1. The number of allylic oxidation sites excluding steroid dienone is 1. The molecule has 292 valence electrons. The molecule has 0 bridgehead atoms. The first-order valence-electron chi connectivity index (χ1n) is 21.1. The van der Waals surface area contributed by atoms with Crippen LogP contribution in [0.5, 0.6) is 0 Å². The normalized spacial score (nSPS) is 13.7. The first-order valence-corrected chi connectivity index (χ1v) is 21.1. The second-order valence-corrected chi connectivity index (χ2v) is 15.5. The van der Waals surface area contributed by atoms with Crippen LogP contribution in [0.1, 0.15) is 124 Å². The fraction of sp³-hybridized carbons (Fsp3) is 0.365. The second-order valence-electron chi connectivity index (χ2n) is 15.5. The van der Waals surface area contributed by atoms with Crippen molar-refractivity contribution in [3.63, 3.8) is 0 Å². The summed E-state index contributed by atoms with van der Waals surface area (Å²) in [4.78, 5) is 12.5. The van der Waals surface area contributed by atoms with Gasteiger partial charge in [-0.1, -0.05) is 209 Å². The Morgan fingerprint density at radius 3 is 1.45 bits per heavy atom. The molecule has 0 radical (unpaired) electrons. The number of aliphatic hydroxyl groups excluding tert-OH is 2. The molecule has 0 aliphatic heterocycles. The summed E-state index contributed by atoms with van der Waals surface area (Å²) in [7, 11) is 0. The van der Waals surface area contributed by atoms with Gasteiger partial charge < -0.3 is 14.9 Å². The Balaban J connectivity index is 0.811. The lowest BCUT2D eigenvalue weighted by atomic mass is 9.64. The number of hydrogen-bond donors (Lipinski definition) is 2. The summed E-state index contributed by atoms with van der Waals surface area (Å²) in [5.74, 6) is 0.0480. The monoisotopic (exact) mass is 748 g/mol. The Kier molecular flexibility index (Phi) is 15.7. The largest absolute Gasteiger partial charge is 0.465 e. The number of ether oxygens (including phenoxy) is 1. The van der Waals surface area contributed by atoms with Crippen molar-refractivity contribution in [1.82, 2.24) is 0 Å². The van der Waals surface area contributed by atoms with Crippen LogP contribution in [0.25, 0.3) is 11.1 Å². The maximum Gasteiger partial charge on any atom is 0.305 e. The third-order valence-corrected chi connectivity index (χ3v) is 11.6. The Bertz CT molecular complexity index is 1780. The van der Waals surface area contributed by atoms with Gasteiger partial charge in [0.25, 0.3) is 0 Å². The zero-order chi connectivity index (χ0) is 38.8. The van der Waals surface area contributed by atoms with Gasteiger partial charge in [0.2, 0.25) is 0 Å². The van der Waals surface area contributed by atoms with Crippen LogP contribution in [0, 0.1) is 0 Å². The number of hydrogen-bond acceptors (Lipinski definition) is 4. The minimum atomic E-state index is -0.844. The fourth-order valence-corrected chi connectivity index (χ4v) is 8.73. The zero-order valence-electron chi connectivity index (χ0n) is 33.0. The predicted molar refractivity (Wildman–Crippen MR) is 230 cm³/mol. The average molecular weight is 749 g/mol. The highest BCUT2D eigenvalue weighted by Crippen LogP contribution is 2.45. The summed E-state index contributed by atoms with van der Waals surface area (Å²) in [6.07, 6.45) is 17.0. The highest BCUT2D eigenvalue weighted by atomic mass is 16.5. The van der Waals surface area contributed by atoms with Crippen LogP contribution < -0.4 is 0 Å². The lowest BCUT2D eigenvalue weighted by Crippen LogP contribution is -2.43. The third kappa shape index (κ3) is 10.5. The summed E-state index contributed by atoms with van der Waals surface area (Å²) >= 11 is 0. The topological polar surface area (TPSA) is 66.8 Å². The van der Waals surface area contributed by atoms with Crippen LogP contribution in [0.15, 0.2) is 152 Å². The van der Waals surface area contributed by atoms with Crippen molar-refractivity contribution >= 4 is 5.97 Å². The minimum Gasteiger partial charge on any atom is -0.465 e. The summed E-state index contributed by atoms with van der Waals surface area (Å²) < 4.78 is 5.77. The number of fused-ring (bicyclic) bond motifs is 3. The van der Waals surface area contributed by atoms with E-state index in [-0.39, 0.29) is 18.3 Å². The van der Waals surface area contributed by atoms with Crippen molar-refractivity contribution in [3.05, 3.63) is 179 Å². The molecular weight excluding hydrogens is 689 g/mol. The minimum absolute atomic E-state index is 0.0788. The van der Waals surface area contributed by atoms with Gasteiger partial charge in [-0.15, -0.1) is 0 Å². The number of esters is 1. The van der Waals surface area contributed by atoms with E-state index in [1.165, 1.54) is 73.6 Å². The van der Waals surface area contributed by atoms with Crippen LogP contribution in [-0.2, 0) is 14.9 Å². The molecule has 0 saturated heterocycles. The smallest absolute Gasteiger partial charge is 0.305 e. The number of unbranched alkanes of at least 4 members (excludes halogenated alkanes) is 11. The van der Waals surface area contributed by atoms with Crippen LogP contribution in [0.3, 0.4) is 0 Å².